The first kappa shape index (κ1) is 22.3. The van der Waals surface area contributed by atoms with Gasteiger partial charge in [0.25, 0.3) is 5.91 Å². The fraction of sp³-hybridized carbons (Fsp3) is 0.391. The molecule has 0 saturated carbocycles. The van der Waals surface area contributed by atoms with Crippen LogP contribution in [0.4, 0.5) is 5.69 Å². The van der Waals surface area contributed by atoms with Gasteiger partial charge in [0.15, 0.2) is 5.96 Å². The molecule has 0 saturated heterocycles. The van der Waals surface area contributed by atoms with Gasteiger partial charge in [-0.15, -0.1) is 0 Å². The average Bonchev–Trinajstić information content (AvgIpc) is 2.72. The highest BCUT2D eigenvalue weighted by Gasteiger charge is 2.08. The van der Waals surface area contributed by atoms with Gasteiger partial charge in [-0.25, -0.2) is 4.99 Å². The highest BCUT2D eigenvalue weighted by molar-refractivity contribution is 5.94. The highest BCUT2D eigenvalue weighted by atomic mass is 16.2. The predicted octanol–water partition coefficient (Wildman–Crippen LogP) is 2.75. The van der Waals surface area contributed by atoms with Crippen LogP contribution in [0.2, 0.25) is 0 Å². The molecular weight excluding hydrogens is 362 g/mol. The number of hydrogen-bond acceptors (Lipinski definition) is 3. The summed E-state index contributed by atoms with van der Waals surface area (Å²) < 4.78 is 0. The quantitative estimate of drug-likeness (QED) is 0.533. The molecule has 29 heavy (non-hydrogen) atoms. The Balaban J connectivity index is 1.92. The molecule has 0 radical (unpaired) electrons. The van der Waals surface area contributed by atoms with E-state index in [4.69, 9.17) is 0 Å². The Labute approximate surface area is 174 Å². The lowest BCUT2D eigenvalue weighted by molar-refractivity contribution is 0.0827. The molecular formula is C23H33N5O. The standard InChI is InChI=1S/C23H33N5O/c1-6-24-23(26-17-19-10-12-21(13-11-19)27(2)3)25-15-14-18-8-7-9-20(16-18)22(29)28(4)5/h7-13,16H,6,14-15,17H2,1-5H3,(H2,24,25,26). The number of guanidine groups is 1. The minimum Gasteiger partial charge on any atom is -0.378 e. The average molecular weight is 396 g/mol. The molecule has 0 heterocycles. The Morgan fingerprint density at radius 1 is 0.966 bits per heavy atom. The first-order chi connectivity index (χ1) is 13.9. The van der Waals surface area contributed by atoms with Gasteiger partial charge in [-0.3, -0.25) is 4.79 Å². The largest absolute Gasteiger partial charge is 0.378 e. The minimum atomic E-state index is 0.0231. The van der Waals surface area contributed by atoms with Crippen LogP contribution in [0.1, 0.15) is 28.4 Å². The van der Waals surface area contributed by atoms with E-state index in [0.717, 1.165) is 31.0 Å². The van der Waals surface area contributed by atoms with Gasteiger partial charge in [0.05, 0.1) is 6.54 Å². The van der Waals surface area contributed by atoms with Gasteiger partial charge in [-0.2, -0.15) is 0 Å². The van der Waals surface area contributed by atoms with Crippen molar-refractivity contribution in [2.24, 2.45) is 4.99 Å². The molecule has 0 unspecified atom stereocenters. The van der Waals surface area contributed by atoms with E-state index in [1.165, 1.54) is 11.3 Å². The SMILES string of the molecule is CCNC(=NCc1ccc(N(C)C)cc1)NCCc1cccc(C(=O)N(C)C)c1. The third-order valence-electron chi connectivity index (χ3n) is 4.50. The predicted molar refractivity (Wildman–Crippen MR) is 122 cm³/mol. The normalized spacial score (nSPS) is 11.1. The van der Waals surface area contributed by atoms with Crippen molar-refractivity contribution in [3.63, 3.8) is 0 Å². The van der Waals surface area contributed by atoms with E-state index in [1.54, 1.807) is 19.0 Å². The molecule has 1 amide bonds. The smallest absolute Gasteiger partial charge is 0.253 e. The molecule has 0 atom stereocenters. The van der Waals surface area contributed by atoms with Crippen molar-refractivity contribution in [1.82, 2.24) is 15.5 Å². The lowest BCUT2D eigenvalue weighted by Crippen LogP contribution is -2.38. The van der Waals surface area contributed by atoms with E-state index >= 15 is 0 Å². The Kier molecular flexibility index (Phi) is 8.52. The maximum Gasteiger partial charge on any atom is 0.253 e. The number of nitrogens with zero attached hydrogens (tertiary/aromatic N) is 3. The van der Waals surface area contributed by atoms with Crippen molar-refractivity contribution < 1.29 is 4.79 Å². The number of nitrogens with one attached hydrogen (secondary N) is 2. The van der Waals surface area contributed by atoms with Gasteiger partial charge >= 0.3 is 0 Å². The first-order valence-corrected chi connectivity index (χ1v) is 9.99. The van der Waals surface area contributed by atoms with Crippen molar-refractivity contribution in [2.75, 3.05) is 46.2 Å². The van der Waals surface area contributed by atoms with E-state index in [-0.39, 0.29) is 5.91 Å². The van der Waals surface area contributed by atoms with E-state index in [9.17, 15) is 4.79 Å². The van der Waals surface area contributed by atoms with E-state index in [1.807, 2.05) is 38.4 Å². The van der Waals surface area contributed by atoms with Gasteiger partial charge in [0.2, 0.25) is 0 Å². The maximum atomic E-state index is 12.1. The van der Waals surface area contributed by atoms with Crippen LogP contribution in [0.25, 0.3) is 0 Å². The van der Waals surface area contributed by atoms with Gasteiger partial charge in [0, 0.05) is 52.5 Å². The number of aliphatic imine (C=N–C) groups is 1. The van der Waals surface area contributed by atoms with Crippen molar-refractivity contribution in [2.45, 2.75) is 19.9 Å². The molecule has 0 spiro atoms. The van der Waals surface area contributed by atoms with E-state index in [0.29, 0.717) is 12.1 Å². The third kappa shape index (κ3) is 7.14. The van der Waals surface area contributed by atoms with Crippen molar-refractivity contribution in [1.29, 1.82) is 0 Å². The maximum absolute atomic E-state index is 12.1. The Morgan fingerprint density at radius 2 is 1.69 bits per heavy atom. The summed E-state index contributed by atoms with van der Waals surface area (Å²) in [5.74, 6) is 0.819. The molecule has 6 heteroatoms. The molecule has 2 aromatic carbocycles. The van der Waals surface area contributed by atoms with Crippen LogP contribution >= 0.6 is 0 Å². The van der Waals surface area contributed by atoms with Crippen LogP contribution in [-0.4, -0.2) is 58.0 Å². The zero-order valence-corrected chi connectivity index (χ0v) is 18.2. The van der Waals surface area contributed by atoms with Crippen molar-refractivity contribution >= 4 is 17.6 Å². The van der Waals surface area contributed by atoms with Gasteiger partial charge in [-0.05, 0) is 48.7 Å². The van der Waals surface area contributed by atoms with E-state index < -0.39 is 0 Å². The lowest BCUT2D eigenvalue weighted by atomic mass is 10.1. The molecule has 2 N–H and O–H groups in total. The second kappa shape index (κ2) is 11.1. The first-order valence-electron chi connectivity index (χ1n) is 9.99. The monoisotopic (exact) mass is 395 g/mol. The lowest BCUT2D eigenvalue weighted by Gasteiger charge is -2.14. The van der Waals surface area contributed by atoms with Crippen LogP contribution in [-0.2, 0) is 13.0 Å². The molecule has 0 aliphatic heterocycles. The van der Waals surface area contributed by atoms with Gasteiger partial charge < -0.3 is 20.4 Å². The number of carbonyl (C=O) groups excluding carboxylic acids is 1. The van der Waals surface area contributed by atoms with Crippen molar-refractivity contribution in [3.05, 3.63) is 65.2 Å². The Bertz CT molecular complexity index is 812. The fourth-order valence-electron chi connectivity index (χ4n) is 2.85. The summed E-state index contributed by atoms with van der Waals surface area (Å²) in [6.07, 6.45) is 0.816. The molecule has 0 aliphatic rings. The topological polar surface area (TPSA) is 60.0 Å². The summed E-state index contributed by atoms with van der Waals surface area (Å²) in [5, 5.41) is 6.66. The van der Waals surface area contributed by atoms with Crippen LogP contribution in [0.3, 0.4) is 0 Å². The number of benzene rings is 2. The number of carbonyl (C=O) groups is 1. The zero-order valence-electron chi connectivity index (χ0n) is 18.2. The molecule has 0 aromatic heterocycles. The van der Waals surface area contributed by atoms with Crippen LogP contribution in [0, 0.1) is 0 Å². The number of anilines is 1. The molecule has 6 nitrogen and oxygen atoms in total. The van der Waals surface area contributed by atoms with E-state index in [2.05, 4.69) is 51.7 Å². The van der Waals surface area contributed by atoms with Gasteiger partial charge in [-0.1, -0.05) is 24.3 Å². The van der Waals surface area contributed by atoms with Crippen LogP contribution < -0.4 is 15.5 Å². The summed E-state index contributed by atoms with van der Waals surface area (Å²) in [5.41, 5.74) is 4.19. The summed E-state index contributed by atoms with van der Waals surface area (Å²) in [6.45, 7) is 4.22. The molecule has 2 rings (SSSR count). The summed E-state index contributed by atoms with van der Waals surface area (Å²) in [4.78, 5) is 20.5. The fourth-order valence-corrected chi connectivity index (χ4v) is 2.85. The third-order valence-corrected chi connectivity index (χ3v) is 4.50. The zero-order chi connectivity index (χ0) is 21.2. The minimum absolute atomic E-state index is 0.0231. The second-order valence-electron chi connectivity index (χ2n) is 7.33. The highest BCUT2D eigenvalue weighted by Crippen LogP contribution is 2.12. The molecule has 2 aromatic rings. The Morgan fingerprint density at radius 3 is 2.31 bits per heavy atom. The van der Waals surface area contributed by atoms with Crippen LogP contribution in [0.15, 0.2) is 53.5 Å². The van der Waals surface area contributed by atoms with Crippen molar-refractivity contribution in [3.8, 4) is 0 Å². The second-order valence-corrected chi connectivity index (χ2v) is 7.33. The molecule has 0 fully saturated rings. The number of hydrogen-bond donors (Lipinski definition) is 2. The summed E-state index contributed by atoms with van der Waals surface area (Å²) in [7, 11) is 7.60. The Hall–Kier alpha value is -3.02. The summed E-state index contributed by atoms with van der Waals surface area (Å²) in [6, 6.07) is 16.2. The van der Waals surface area contributed by atoms with Gasteiger partial charge in [0.1, 0.15) is 0 Å². The number of rotatable bonds is 8. The number of amides is 1. The molecule has 0 aliphatic carbocycles. The summed E-state index contributed by atoms with van der Waals surface area (Å²) >= 11 is 0. The molecule has 156 valence electrons. The van der Waals surface area contributed by atoms with Crippen LogP contribution in [0.5, 0.6) is 0 Å². The molecule has 0 bridgehead atoms.